The van der Waals surface area contributed by atoms with Gasteiger partial charge in [-0.15, -0.1) is 5.10 Å². The van der Waals surface area contributed by atoms with Gasteiger partial charge in [0.2, 0.25) is 0 Å². The number of hydrogen-bond acceptors (Lipinski definition) is 8. The minimum absolute atomic E-state index is 0.00313. The molecular weight excluding hydrogens is 560 g/mol. The fourth-order valence-electron chi connectivity index (χ4n) is 5.71. The first kappa shape index (κ1) is 33.1. The first-order valence-electron chi connectivity index (χ1n) is 15.0. The van der Waals surface area contributed by atoms with Crippen LogP contribution in [0.1, 0.15) is 64.5 Å². The predicted octanol–water partition coefficient (Wildman–Crippen LogP) is 4.49. The maximum Gasteiger partial charge on any atom is 0.192 e. The molecule has 1 aromatic carbocycles. The number of aliphatic hydroxyl groups is 1. The van der Waals surface area contributed by atoms with E-state index in [-0.39, 0.29) is 34.0 Å². The maximum absolute atomic E-state index is 14.8. The molecule has 1 saturated heterocycles. The third-order valence-corrected chi connectivity index (χ3v) is 14.0. The molecule has 2 aliphatic rings. The number of aromatic nitrogens is 3. The Morgan fingerprint density at radius 1 is 1.17 bits per heavy atom. The molecule has 9 nitrogen and oxygen atoms in total. The predicted molar refractivity (Wildman–Crippen MR) is 161 cm³/mol. The Hall–Kier alpha value is -1.80. The minimum atomic E-state index is -2.15. The number of nitrogens with one attached hydrogen (secondary N) is 1. The Bertz CT molecular complexity index is 1200. The lowest BCUT2D eigenvalue weighted by Crippen LogP contribution is -2.60. The van der Waals surface area contributed by atoms with E-state index in [0.29, 0.717) is 13.1 Å². The number of hydrogen-bond donors (Lipinski definition) is 3. The lowest BCUT2D eigenvalue weighted by atomic mass is 9.82. The van der Waals surface area contributed by atoms with Crippen molar-refractivity contribution in [2.45, 2.75) is 114 Å². The summed E-state index contributed by atoms with van der Waals surface area (Å²) in [5, 5.41) is 23.5. The molecule has 236 valence electrons. The van der Waals surface area contributed by atoms with Crippen LogP contribution in [0.2, 0.25) is 18.1 Å². The Morgan fingerprint density at radius 3 is 2.50 bits per heavy atom. The highest BCUT2D eigenvalue weighted by Crippen LogP contribution is 2.38. The van der Waals surface area contributed by atoms with E-state index >= 15 is 0 Å². The van der Waals surface area contributed by atoms with Gasteiger partial charge in [0, 0.05) is 31.3 Å². The van der Waals surface area contributed by atoms with Crippen molar-refractivity contribution in [1.29, 1.82) is 0 Å². The second-order valence-electron chi connectivity index (χ2n) is 13.7. The van der Waals surface area contributed by atoms with E-state index in [4.69, 9.17) is 19.6 Å². The van der Waals surface area contributed by atoms with Crippen LogP contribution in [0.15, 0.2) is 18.3 Å². The fraction of sp³-hybridized carbons (Fsp3) is 0.733. The summed E-state index contributed by atoms with van der Waals surface area (Å²) in [6, 6.07) is 2.26. The number of halogens is 2. The third kappa shape index (κ3) is 7.11. The second kappa shape index (κ2) is 13.1. The Labute approximate surface area is 249 Å². The topological polar surface area (TPSA) is 117 Å². The summed E-state index contributed by atoms with van der Waals surface area (Å²) in [6.45, 7) is 13.6. The summed E-state index contributed by atoms with van der Waals surface area (Å²) in [5.74, 6) is -1.91. The molecule has 12 heteroatoms. The molecule has 1 aliphatic carbocycles. The molecule has 2 heterocycles. The standard InChI is InChI=1S/C30H49F2N5O4Si/c1-19-11-12-20(25(32)24(19)31)21-16-37(36-35-21)26-27(38)23(17-40-42(6,7)29(2,3)4)41-22(28(26)39-5)15-34-18-30(33)13-9-8-10-14-30/h11-12,16,22-23,26-28,34,38H,8-10,13-15,17-18,33H2,1-7H3. The van der Waals surface area contributed by atoms with E-state index in [1.54, 1.807) is 7.11 Å². The van der Waals surface area contributed by atoms with Gasteiger partial charge < -0.3 is 30.1 Å². The van der Waals surface area contributed by atoms with E-state index in [0.717, 1.165) is 25.7 Å². The van der Waals surface area contributed by atoms with Gasteiger partial charge in [-0.2, -0.15) is 0 Å². The van der Waals surface area contributed by atoms with E-state index < -0.39 is 50.4 Å². The lowest BCUT2D eigenvalue weighted by molar-refractivity contribution is -0.209. The van der Waals surface area contributed by atoms with Gasteiger partial charge in [-0.05, 0) is 49.5 Å². The summed E-state index contributed by atoms with van der Waals surface area (Å²) in [5.41, 5.74) is 6.77. The van der Waals surface area contributed by atoms with Crippen molar-refractivity contribution in [3.8, 4) is 11.3 Å². The van der Waals surface area contributed by atoms with Crippen molar-refractivity contribution in [1.82, 2.24) is 20.3 Å². The number of rotatable bonds is 10. The highest BCUT2D eigenvalue weighted by atomic mass is 28.4. The Balaban J connectivity index is 1.60. The first-order valence-corrected chi connectivity index (χ1v) is 17.9. The van der Waals surface area contributed by atoms with Crippen LogP contribution in [0.5, 0.6) is 0 Å². The van der Waals surface area contributed by atoms with Gasteiger partial charge in [0.25, 0.3) is 0 Å². The number of benzene rings is 1. The zero-order chi connectivity index (χ0) is 30.9. The van der Waals surface area contributed by atoms with Crippen molar-refractivity contribution in [3.63, 3.8) is 0 Å². The van der Waals surface area contributed by atoms with Crippen molar-refractivity contribution in [2.24, 2.45) is 5.73 Å². The van der Waals surface area contributed by atoms with Crippen LogP contribution in [0.3, 0.4) is 0 Å². The second-order valence-corrected chi connectivity index (χ2v) is 18.5. The SMILES string of the molecule is COC1C(CNCC2(N)CCCCC2)OC(CO[Si](C)(C)C(C)(C)C)C(O)C1n1cc(-c2ccc(C)c(F)c2F)nn1. The molecule has 0 bridgehead atoms. The van der Waals surface area contributed by atoms with Crippen molar-refractivity contribution < 1.29 is 27.8 Å². The number of methoxy groups -OCH3 is 1. The molecule has 2 fully saturated rings. The molecule has 5 atom stereocenters. The average molecular weight is 610 g/mol. The van der Waals surface area contributed by atoms with Crippen LogP contribution in [0.25, 0.3) is 11.3 Å². The van der Waals surface area contributed by atoms with Crippen LogP contribution in [0.4, 0.5) is 8.78 Å². The molecule has 1 aliphatic heterocycles. The average Bonchev–Trinajstić information content (AvgIpc) is 3.40. The van der Waals surface area contributed by atoms with Crippen molar-refractivity contribution >= 4 is 8.32 Å². The molecule has 42 heavy (non-hydrogen) atoms. The van der Waals surface area contributed by atoms with E-state index in [2.05, 4.69) is 49.5 Å². The van der Waals surface area contributed by atoms with E-state index in [1.807, 2.05) is 0 Å². The van der Waals surface area contributed by atoms with Crippen molar-refractivity contribution in [2.75, 3.05) is 26.8 Å². The van der Waals surface area contributed by atoms with Gasteiger partial charge in [0.1, 0.15) is 30.0 Å². The number of aryl methyl sites for hydroxylation is 1. The highest BCUT2D eigenvalue weighted by molar-refractivity contribution is 6.74. The zero-order valence-electron chi connectivity index (χ0n) is 26.1. The normalized spacial score (nSPS) is 26.9. The Kier molecular flexibility index (Phi) is 10.3. The van der Waals surface area contributed by atoms with Crippen LogP contribution in [-0.4, -0.2) is 85.2 Å². The van der Waals surface area contributed by atoms with Crippen LogP contribution in [0, 0.1) is 18.6 Å². The van der Waals surface area contributed by atoms with Gasteiger partial charge in [-0.1, -0.05) is 51.3 Å². The summed E-state index contributed by atoms with van der Waals surface area (Å²) >= 11 is 0. The van der Waals surface area contributed by atoms with Gasteiger partial charge in [0.15, 0.2) is 20.0 Å². The molecule has 4 rings (SSSR count). The lowest BCUT2D eigenvalue weighted by Gasteiger charge is -2.46. The van der Waals surface area contributed by atoms with Crippen molar-refractivity contribution in [3.05, 3.63) is 35.5 Å². The van der Waals surface area contributed by atoms with Crippen LogP contribution < -0.4 is 11.1 Å². The molecule has 0 amide bonds. The molecule has 0 radical (unpaired) electrons. The molecule has 2 aromatic rings. The van der Waals surface area contributed by atoms with Gasteiger partial charge in [0.05, 0.1) is 18.9 Å². The van der Waals surface area contributed by atoms with Crippen LogP contribution >= 0.6 is 0 Å². The molecular formula is C30H49F2N5O4Si. The molecule has 0 spiro atoms. The summed E-state index contributed by atoms with van der Waals surface area (Å²) in [7, 11) is -0.587. The van der Waals surface area contributed by atoms with Crippen LogP contribution in [-0.2, 0) is 13.9 Å². The Morgan fingerprint density at radius 2 is 1.86 bits per heavy atom. The quantitative estimate of drug-likeness (QED) is 0.338. The molecule has 1 aromatic heterocycles. The van der Waals surface area contributed by atoms with E-state index in [9.17, 15) is 13.9 Å². The molecule has 5 unspecified atom stereocenters. The minimum Gasteiger partial charge on any atom is -0.414 e. The third-order valence-electron chi connectivity index (χ3n) is 9.51. The number of nitrogens with two attached hydrogens (primary N) is 1. The largest absolute Gasteiger partial charge is 0.414 e. The fourth-order valence-corrected chi connectivity index (χ4v) is 6.72. The highest BCUT2D eigenvalue weighted by Gasteiger charge is 2.48. The first-order chi connectivity index (χ1) is 19.7. The van der Waals surface area contributed by atoms with Gasteiger partial charge in [-0.25, -0.2) is 13.5 Å². The molecule has 4 N–H and O–H groups in total. The monoisotopic (exact) mass is 609 g/mol. The van der Waals surface area contributed by atoms with E-state index in [1.165, 1.54) is 36.4 Å². The van der Waals surface area contributed by atoms with Gasteiger partial charge in [-0.3, -0.25) is 0 Å². The zero-order valence-corrected chi connectivity index (χ0v) is 27.1. The number of nitrogens with zero attached hydrogens (tertiary/aromatic N) is 3. The summed E-state index contributed by atoms with van der Waals surface area (Å²) in [6.07, 6.45) is 4.10. The molecule has 1 saturated carbocycles. The summed E-state index contributed by atoms with van der Waals surface area (Å²) < 4.78 is 49.5. The maximum atomic E-state index is 14.8. The van der Waals surface area contributed by atoms with Gasteiger partial charge >= 0.3 is 0 Å². The smallest absolute Gasteiger partial charge is 0.192 e. The summed E-state index contributed by atoms with van der Waals surface area (Å²) in [4.78, 5) is 0. The number of aliphatic hydroxyl groups excluding tert-OH is 1. The number of ether oxygens (including phenoxy) is 2.